The molecule has 118 valence electrons. The second-order valence-electron chi connectivity index (χ2n) is 5.08. The number of benzene rings is 1. The number of oxime groups is 1. The Hall–Kier alpha value is -1.34. The van der Waals surface area contributed by atoms with Gasteiger partial charge in [-0.2, -0.15) is 0 Å². The number of nitrogens with zero attached hydrogens (tertiary/aromatic N) is 2. The molecule has 0 amide bonds. The third-order valence-electron chi connectivity index (χ3n) is 2.94. The lowest BCUT2D eigenvalue weighted by Crippen LogP contribution is -2.32. The highest BCUT2D eigenvalue weighted by Gasteiger charge is 2.19. The summed E-state index contributed by atoms with van der Waals surface area (Å²) >= 11 is 3.17. The van der Waals surface area contributed by atoms with Crippen molar-refractivity contribution in [3.8, 4) is 0 Å². The molecule has 3 N–H and O–H groups in total. The smallest absolute Gasteiger partial charge is 0.171 e. The van der Waals surface area contributed by atoms with E-state index >= 15 is 0 Å². The molecule has 5 nitrogen and oxygen atoms in total. The van der Waals surface area contributed by atoms with Gasteiger partial charge in [-0.15, -0.1) is 0 Å². The van der Waals surface area contributed by atoms with Gasteiger partial charge in [0.2, 0.25) is 0 Å². The molecule has 0 aliphatic carbocycles. The molecule has 21 heavy (non-hydrogen) atoms. The molecule has 0 atom stereocenters. The lowest BCUT2D eigenvalue weighted by atomic mass is 10.1. The molecule has 0 spiro atoms. The monoisotopic (exact) mass is 361 g/mol. The van der Waals surface area contributed by atoms with Crippen molar-refractivity contribution in [2.45, 2.75) is 13.8 Å². The fraction of sp³-hybridized carbons (Fsp3) is 0.500. The molecular formula is C14H21BrFN3O2. The van der Waals surface area contributed by atoms with Crippen molar-refractivity contribution in [2.24, 2.45) is 16.8 Å². The lowest BCUT2D eigenvalue weighted by Gasteiger charge is -2.27. The van der Waals surface area contributed by atoms with Crippen molar-refractivity contribution >= 4 is 27.5 Å². The summed E-state index contributed by atoms with van der Waals surface area (Å²) < 4.78 is 19.8. The van der Waals surface area contributed by atoms with Crippen LogP contribution in [0.5, 0.6) is 0 Å². The summed E-state index contributed by atoms with van der Waals surface area (Å²) in [6.07, 6.45) is 0. The molecule has 0 saturated heterocycles. The number of nitrogens with two attached hydrogens (primary N) is 1. The van der Waals surface area contributed by atoms with Crippen LogP contribution in [0.2, 0.25) is 0 Å². The molecule has 1 rings (SSSR count). The van der Waals surface area contributed by atoms with Gasteiger partial charge in [0, 0.05) is 25.8 Å². The van der Waals surface area contributed by atoms with Gasteiger partial charge in [-0.1, -0.05) is 19.0 Å². The number of halogens is 2. The predicted octanol–water partition coefficient (Wildman–Crippen LogP) is 2.79. The highest BCUT2D eigenvalue weighted by atomic mass is 79.9. The molecule has 0 saturated carbocycles. The number of ether oxygens (including phenoxy) is 1. The summed E-state index contributed by atoms with van der Waals surface area (Å²) in [5.74, 6) is -0.195. The zero-order valence-corrected chi connectivity index (χ0v) is 14.0. The van der Waals surface area contributed by atoms with Crippen LogP contribution in [0.25, 0.3) is 0 Å². The van der Waals surface area contributed by atoms with E-state index in [1.54, 1.807) is 19.2 Å². The van der Waals surface area contributed by atoms with E-state index in [0.29, 0.717) is 36.9 Å². The van der Waals surface area contributed by atoms with E-state index in [9.17, 15) is 4.39 Å². The fourth-order valence-corrected chi connectivity index (χ4v) is 2.53. The van der Waals surface area contributed by atoms with Crippen LogP contribution in [-0.2, 0) is 4.74 Å². The van der Waals surface area contributed by atoms with E-state index in [-0.39, 0.29) is 10.3 Å². The van der Waals surface area contributed by atoms with E-state index in [2.05, 4.69) is 34.9 Å². The maximum atomic E-state index is 14.6. The number of amidine groups is 1. The topological polar surface area (TPSA) is 71.1 Å². The van der Waals surface area contributed by atoms with Crippen molar-refractivity contribution in [1.29, 1.82) is 0 Å². The third-order valence-corrected chi connectivity index (χ3v) is 3.71. The van der Waals surface area contributed by atoms with Crippen LogP contribution in [0.1, 0.15) is 19.4 Å². The van der Waals surface area contributed by atoms with Gasteiger partial charge in [0.1, 0.15) is 0 Å². The van der Waals surface area contributed by atoms with E-state index in [1.807, 2.05) is 4.90 Å². The lowest BCUT2D eigenvalue weighted by molar-refractivity contribution is 0.204. The van der Waals surface area contributed by atoms with Crippen molar-refractivity contribution < 1.29 is 14.3 Å². The van der Waals surface area contributed by atoms with Crippen molar-refractivity contribution in [3.63, 3.8) is 0 Å². The van der Waals surface area contributed by atoms with Crippen LogP contribution in [-0.4, -0.2) is 37.8 Å². The highest BCUT2D eigenvalue weighted by molar-refractivity contribution is 9.10. The van der Waals surface area contributed by atoms with E-state index < -0.39 is 5.82 Å². The molecule has 0 aliphatic rings. The van der Waals surface area contributed by atoms with Crippen LogP contribution in [0.15, 0.2) is 21.8 Å². The van der Waals surface area contributed by atoms with Crippen LogP contribution in [0, 0.1) is 11.7 Å². The second-order valence-corrected chi connectivity index (χ2v) is 5.87. The van der Waals surface area contributed by atoms with Gasteiger partial charge in [0.25, 0.3) is 0 Å². The van der Waals surface area contributed by atoms with Gasteiger partial charge in [-0.05, 0) is 34.0 Å². The average molecular weight is 362 g/mol. The van der Waals surface area contributed by atoms with Crippen molar-refractivity contribution in [1.82, 2.24) is 0 Å². The number of methoxy groups -OCH3 is 1. The minimum atomic E-state index is -0.434. The minimum absolute atomic E-state index is 0.139. The zero-order valence-electron chi connectivity index (χ0n) is 12.4. The number of hydrogen-bond acceptors (Lipinski definition) is 4. The second kappa shape index (κ2) is 8.19. The number of hydrogen-bond donors (Lipinski definition) is 2. The molecule has 0 heterocycles. The largest absolute Gasteiger partial charge is 0.409 e. The van der Waals surface area contributed by atoms with Crippen LogP contribution < -0.4 is 10.6 Å². The maximum Gasteiger partial charge on any atom is 0.171 e. The Balaban J connectivity index is 3.17. The summed E-state index contributed by atoms with van der Waals surface area (Å²) in [4.78, 5) is 1.92. The minimum Gasteiger partial charge on any atom is -0.409 e. The number of rotatable bonds is 7. The van der Waals surface area contributed by atoms with E-state index in [4.69, 9.17) is 15.7 Å². The first kappa shape index (κ1) is 17.7. The first-order valence-electron chi connectivity index (χ1n) is 6.62. The van der Waals surface area contributed by atoms with E-state index in [0.717, 1.165) is 0 Å². The van der Waals surface area contributed by atoms with Crippen molar-refractivity contribution in [2.75, 3.05) is 31.7 Å². The van der Waals surface area contributed by atoms with Gasteiger partial charge >= 0.3 is 0 Å². The Bertz CT molecular complexity index is 509. The molecule has 0 aromatic heterocycles. The summed E-state index contributed by atoms with van der Waals surface area (Å²) in [6.45, 7) is 5.93. The van der Waals surface area contributed by atoms with Crippen LogP contribution >= 0.6 is 15.9 Å². The Kier molecular flexibility index (Phi) is 6.91. The summed E-state index contributed by atoms with van der Waals surface area (Å²) in [5.41, 5.74) is 6.30. The molecule has 1 aromatic carbocycles. The molecule has 0 radical (unpaired) electrons. The molecule has 1 aromatic rings. The summed E-state index contributed by atoms with van der Waals surface area (Å²) in [5, 5.41) is 11.6. The predicted molar refractivity (Wildman–Crippen MR) is 85.5 cm³/mol. The highest BCUT2D eigenvalue weighted by Crippen LogP contribution is 2.30. The standard InChI is InChI=1S/C14H21BrFN3O2/c1-9(2)8-19(6-7-21-3)11-5-4-10(14(17)18-20)12(15)13(11)16/h4-5,9,20H,6-8H2,1-3H3,(H2,17,18). The normalized spacial score (nSPS) is 12.0. The molecule has 0 fully saturated rings. The molecule has 7 heteroatoms. The molecule has 0 aliphatic heterocycles. The van der Waals surface area contributed by atoms with Gasteiger partial charge in [-0.3, -0.25) is 0 Å². The quantitative estimate of drug-likeness (QED) is 0.339. The SMILES string of the molecule is COCCN(CC(C)C)c1ccc(/C(N)=N/O)c(Br)c1F. The molecule has 0 unspecified atom stereocenters. The first-order valence-corrected chi connectivity index (χ1v) is 7.41. The number of anilines is 1. The van der Waals surface area contributed by atoms with Crippen molar-refractivity contribution in [3.05, 3.63) is 28.0 Å². The Morgan fingerprint density at radius 3 is 2.71 bits per heavy atom. The van der Waals surface area contributed by atoms with Gasteiger partial charge in [-0.25, -0.2) is 4.39 Å². The maximum absolute atomic E-state index is 14.6. The first-order chi connectivity index (χ1) is 9.92. The Morgan fingerprint density at radius 1 is 1.52 bits per heavy atom. The van der Waals surface area contributed by atoms with E-state index in [1.165, 1.54) is 0 Å². The van der Waals surface area contributed by atoms with Crippen LogP contribution in [0.3, 0.4) is 0 Å². The van der Waals surface area contributed by atoms with Gasteiger partial charge < -0.3 is 20.6 Å². The van der Waals surface area contributed by atoms with Gasteiger partial charge in [0.15, 0.2) is 11.7 Å². The molecule has 0 bridgehead atoms. The average Bonchev–Trinajstić information content (AvgIpc) is 2.45. The zero-order chi connectivity index (χ0) is 16.0. The fourth-order valence-electron chi connectivity index (χ4n) is 1.99. The molecular weight excluding hydrogens is 341 g/mol. The van der Waals surface area contributed by atoms with Gasteiger partial charge in [0.05, 0.1) is 16.8 Å². The van der Waals surface area contributed by atoms with Crippen LogP contribution in [0.4, 0.5) is 10.1 Å². The summed E-state index contributed by atoms with van der Waals surface area (Å²) in [7, 11) is 1.61. The third kappa shape index (κ3) is 4.57. The summed E-state index contributed by atoms with van der Waals surface area (Å²) in [6, 6.07) is 3.25. The Morgan fingerprint density at radius 2 is 2.19 bits per heavy atom. The Labute approximate surface area is 132 Å².